The van der Waals surface area contributed by atoms with Crippen molar-refractivity contribution in [1.29, 1.82) is 0 Å². The molecular weight excluding hydrogens is 152 g/mol. The van der Waals surface area contributed by atoms with E-state index in [1.165, 1.54) is 12.5 Å². The van der Waals surface area contributed by atoms with Crippen LogP contribution in [0.25, 0.3) is 0 Å². The Labute approximate surface area is 72.2 Å². The van der Waals surface area contributed by atoms with Gasteiger partial charge in [-0.3, -0.25) is 4.79 Å². The third-order valence-corrected chi connectivity index (χ3v) is 1.74. The van der Waals surface area contributed by atoms with Gasteiger partial charge in [0.05, 0.1) is 0 Å². The van der Waals surface area contributed by atoms with Gasteiger partial charge in [-0.05, 0) is 37.1 Å². The first kappa shape index (κ1) is 8.78. The lowest BCUT2D eigenvalue weighted by molar-refractivity contribution is -0.131. The van der Waals surface area contributed by atoms with Gasteiger partial charge in [0, 0.05) is 6.92 Å². The van der Waals surface area contributed by atoms with E-state index in [1.807, 2.05) is 26.0 Å². The summed E-state index contributed by atoms with van der Waals surface area (Å²) in [7, 11) is 0. The summed E-state index contributed by atoms with van der Waals surface area (Å²) >= 11 is 0. The lowest BCUT2D eigenvalue weighted by atomic mass is 10.1. The van der Waals surface area contributed by atoms with E-state index < -0.39 is 0 Å². The summed E-state index contributed by atoms with van der Waals surface area (Å²) in [5.74, 6) is 0.337. The largest absolute Gasteiger partial charge is 0.427 e. The van der Waals surface area contributed by atoms with Crippen molar-refractivity contribution >= 4 is 5.97 Å². The van der Waals surface area contributed by atoms with E-state index in [4.69, 9.17) is 4.74 Å². The second kappa shape index (κ2) is 3.39. The summed E-state index contributed by atoms with van der Waals surface area (Å²) in [6.45, 7) is 5.41. The normalized spacial score (nSPS) is 9.58. The summed E-state index contributed by atoms with van der Waals surface area (Å²) in [6, 6.07) is 5.59. The molecule has 0 bridgehead atoms. The monoisotopic (exact) mass is 164 g/mol. The van der Waals surface area contributed by atoms with E-state index in [2.05, 4.69) is 0 Å². The van der Waals surface area contributed by atoms with Crippen LogP contribution in [0.5, 0.6) is 5.75 Å². The average molecular weight is 164 g/mol. The maximum Gasteiger partial charge on any atom is 0.308 e. The number of hydrogen-bond donors (Lipinski definition) is 0. The fourth-order valence-electron chi connectivity index (χ4n) is 0.943. The highest BCUT2D eigenvalue weighted by Gasteiger charge is 1.98. The van der Waals surface area contributed by atoms with Crippen molar-refractivity contribution in [2.75, 3.05) is 0 Å². The Morgan fingerprint density at radius 2 is 1.92 bits per heavy atom. The minimum Gasteiger partial charge on any atom is -0.427 e. The molecular formula is C10H12O2. The second-order valence-electron chi connectivity index (χ2n) is 2.84. The Kier molecular flexibility index (Phi) is 2.48. The van der Waals surface area contributed by atoms with Crippen molar-refractivity contribution in [3.63, 3.8) is 0 Å². The predicted molar refractivity (Wildman–Crippen MR) is 47.2 cm³/mol. The molecule has 12 heavy (non-hydrogen) atoms. The van der Waals surface area contributed by atoms with Crippen molar-refractivity contribution in [1.82, 2.24) is 0 Å². The number of benzene rings is 1. The fraction of sp³-hybridized carbons (Fsp3) is 0.300. The first-order valence-corrected chi connectivity index (χ1v) is 3.85. The number of carbonyl (C=O) groups is 1. The molecule has 1 aromatic rings. The van der Waals surface area contributed by atoms with Gasteiger partial charge in [0.25, 0.3) is 0 Å². The summed E-state index contributed by atoms with van der Waals surface area (Å²) in [6.07, 6.45) is 0. The molecule has 0 saturated carbocycles. The first-order chi connectivity index (χ1) is 5.59. The highest BCUT2D eigenvalue weighted by atomic mass is 16.5. The molecule has 64 valence electrons. The lowest BCUT2D eigenvalue weighted by Gasteiger charge is -2.03. The quantitative estimate of drug-likeness (QED) is 0.470. The van der Waals surface area contributed by atoms with Crippen LogP contribution in [0.3, 0.4) is 0 Å². The van der Waals surface area contributed by atoms with E-state index >= 15 is 0 Å². The standard InChI is InChI=1S/C10H12O2/c1-7-4-5-10(6-8(7)2)12-9(3)11/h4-6H,1-3H3. The SMILES string of the molecule is CC(=O)Oc1ccc(C)c(C)c1. The summed E-state index contributed by atoms with van der Waals surface area (Å²) in [4.78, 5) is 10.6. The van der Waals surface area contributed by atoms with Crippen LogP contribution in [0.2, 0.25) is 0 Å². The van der Waals surface area contributed by atoms with Crippen LogP contribution < -0.4 is 4.74 Å². The van der Waals surface area contributed by atoms with Gasteiger partial charge in [-0.2, -0.15) is 0 Å². The third kappa shape index (κ3) is 2.09. The first-order valence-electron chi connectivity index (χ1n) is 3.85. The topological polar surface area (TPSA) is 26.3 Å². The number of aryl methyl sites for hydroxylation is 2. The van der Waals surface area contributed by atoms with Crippen molar-refractivity contribution in [2.45, 2.75) is 20.8 Å². The predicted octanol–water partition coefficient (Wildman–Crippen LogP) is 2.23. The number of hydrogen-bond acceptors (Lipinski definition) is 2. The van der Waals surface area contributed by atoms with Crippen molar-refractivity contribution < 1.29 is 9.53 Å². The summed E-state index contributed by atoms with van der Waals surface area (Å²) < 4.78 is 4.91. The molecule has 1 aromatic carbocycles. The van der Waals surface area contributed by atoms with E-state index in [9.17, 15) is 4.79 Å². The van der Waals surface area contributed by atoms with Gasteiger partial charge in [-0.1, -0.05) is 6.07 Å². The zero-order chi connectivity index (χ0) is 9.14. The smallest absolute Gasteiger partial charge is 0.308 e. The molecule has 2 nitrogen and oxygen atoms in total. The molecule has 0 atom stereocenters. The molecule has 0 N–H and O–H groups in total. The molecule has 0 fully saturated rings. The van der Waals surface area contributed by atoms with Crippen LogP contribution in [0, 0.1) is 13.8 Å². The van der Waals surface area contributed by atoms with E-state index in [0.29, 0.717) is 5.75 Å². The molecule has 0 aliphatic rings. The molecule has 0 amide bonds. The van der Waals surface area contributed by atoms with E-state index in [0.717, 1.165) is 5.56 Å². The maximum absolute atomic E-state index is 10.6. The molecule has 0 aliphatic heterocycles. The maximum atomic E-state index is 10.6. The molecule has 0 saturated heterocycles. The van der Waals surface area contributed by atoms with Crippen LogP contribution in [-0.4, -0.2) is 5.97 Å². The minimum atomic E-state index is -0.279. The van der Waals surface area contributed by atoms with Gasteiger partial charge in [0.15, 0.2) is 0 Å². The molecule has 0 aromatic heterocycles. The Morgan fingerprint density at radius 1 is 1.25 bits per heavy atom. The van der Waals surface area contributed by atoms with Crippen molar-refractivity contribution in [3.05, 3.63) is 29.3 Å². The molecule has 0 aliphatic carbocycles. The van der Waals surface area contributed by atoms with E-state index in [-0.39, 0.29) is 5.97 Å². The molecule has 0 spiro atoms. The number of ether oxygens (including phenoxy) is 1. The summed E-state index contributed by atoms with van der Waals surface area (Å²) in [5.41, 5.74) is 2.33. The van der Waals surface area contributed by atoms with Gasteiger partial charge >= 0.3 is 5.97 Å². The zero-order valence-electron chi connectivity index (χ0n) is 7.55. The number of carbonyl (C=O) groups excluding carboxylic acids is 1. The minimum absolute atomic E-state index is 0.279. The molecule has 0 heterocycles. The van der Waals surface area contributed by atoms with Crippen LogP contribution in [0.1, 0.15) is 18.1 Å². The number of rotatable bonds is 1. The van der Waals surface area contributed by atoms with Gasteiger partial charge in [0.1, 0.15) is 5.75 Å². The van der Waals surface area contributed by atoms with Gasteiger partial charge < -0.3 is 4.74 Å². The second-order valence-corrected chi connectivity index (χ2v) is 2.84. The Balaban J connectivity index is 2.89. The Morgan fingerprint density at radius 3 is 2.42 bits per heavy atom. The Hall–Kier alpha value is -1.31. The highest BCUT2D eigenvalue weighted by Crippen LogP contribution is 2.16. The van der Waals surface area contributed by atoms with Crippen LogP contribution in [0.4, 0.5) is 0 Å². The van der Waals surface area contributed by atoms with Gasteiger partial charge in [-0.25, -0.2) is 0 Å². The number of esters is 1. The van der Waals surface area contributed by atoms with Gasteiger partial charge in [-0.15, -0.1) is 0 Å². The molecule has 1 rings (SSSR count). The summed E-state index contributed by atoms with van der Waals surface area (Å²) in [5, 5.41) is 0. The molecule has 2 heteroatoms. The zero-order valence-corrected chi connectivity index (χ0v) is 7.55. The fourth-order valence-corrected chi connectivity index (χ4v) is 0.943. The van der Waals surface area contributed by atoms with Crippen molar-refractivity contribution in [3.8, 4) is 5.75 Å². The van der Waals surface area contributed by atoms with Crippen LogP contribution >= 0.6 is 0 Å². The lowest BCUT2D eigenvalue weighted by Crippen LogP contribution is -2.01. The van der Waals surface area contributed by atoms with Crippen LogP contribution in [0.15, 0.2) is 18.2 Å². The highest BCUT2D eigenvalue weighted by molar-refractivity contribution is 5.69. The molecule has 0 radical (unpaired) electrons. The average Bonchev–Trinajstić information content (AvgIpc) is 1.96. The van der Waals surface area contributed by atoms with E-state index in [1.54, 1.807) is 6.07 Å². The van der Waals surface area contributed by atoms with Crippen molar-refractivity contribution in [2.24, 2.45) is 0 Å². The molecule has 0 unspecified atom stereocenters. The van der Waals surface area contributed by atoms with Crippen LogP contribution in [-0.2, 0) is 4.79 Å². The van der Waals surface area contributed by atoms with Gasteiger partial charge in [0.2, 0.25) is 0 Å². The Bertz CT molecular complexity index is 303. The third-order valence-electron chi connectivity index (χ3n) is 1.74.